The molecule has 0 aliphatic carbocycles. The number of hydrogen-bond acceptors (Lipinski definition) is 3. The standard InChI is InChI=1S/C10H14O4S.Na.H/c1-2-6-10(15(11,12)13)14-9-7-4-3-5-8-9;;/h3-5,7-8,10H,2,6H2,1H3,(H,11,12,13);;. The van der Waals surface area contributed by atoms with Crippen molar-refractivity contribution in [2.75, 3.05) is 0 Å². The van der Waals surface area contributed by atoms with Gasteiger partial charge in [-0.05, 0) is 12.1 Å². The molecule has 0 heterocycles. The molecule has 0 saturated heterocycles. The molecule has 1 aromatic rings. The van der Waals surface area contributed by atoms with E-state index in [1.807, 2.05) is 6.92 Å². The van der Waals surface area contributed by atoms with Crippen LogP contribution in [-0.4, -0.2) is 48.0 Å². The molecule has 1 rings (SSSR count). The average Bonchev–Trinajstić information content (AvgIpc) is 2.17. The van der Waals surface area contributed by atoms with Gasteiger partial charge in [-0.25, -0.2) is 0 Å². The molecule has 4 nitrogen and oxygen atoms in total. The molecular formula is C10H15NaO4S. The van der Waals surface area contributed by atoms with E-state index < -0.39 is 15.6 Å². The maximum atomic E-state index is 11.0. The second-order valence-corrected chi connectivity index (χ2v) is 4.72. The predicted molar refractivity (Wildman–Crippen MR) is 64.5 cm³/mol. The van der Waals surface area contributed by atoms with Gasteiger partial charge in [-0.1, -0.05) is 31.5 Å². The second kappa shape index (κ2) is 7.29. The van der Waals surface area contributed by atoms with E-state index >= 15 is 0 Å². The zero-order valence-electron chi connectivity index (χ0n) is 8.46. The van der Waals surface area contributed by atoms with E-state index in [9.17, 15) is 8.42 Å². The Balaban J connectivity index is 0.00000225. The fraction of sp³-hybridized carbons (Fsp3) is 0.400. The Morgan fingerprint density at radius 2 is 1.88 bits per heavy atom. The first-order valence-electron chi connectivity index (χ1n) is 4.72. The molecule has 0 spiro atoms. The van der Waals surface area contributed by atoms with E-state index in [0.29, 0.717) is 12.2 Å². The number of ether oxygens (including phenoxy) is 1. The van der Waals surface area contributed by atoms with Gasteiger partial charge in [-0.2, -0.15) is 8.42 Å². The summed E-state index contributed by atoms with van der Waals surface area (Å²) in [6.07, 6.45) is 0.894. The Morgan fingerprint density at radius 1 is 1.31 bits per heavy atom. The van der Waals surface area contributed by atoms with Gasteiger partial charge in [0, 0.05) is 6.42 Å². The van der Waals surface area contributed by atoms with Crippen LogP contribution in [-0.2, 0) is 10.1 Å². The summed E-state index contributed by atoms with van der Waals surface area (Å²) in [6, 6.07) is 8.57. The zero-order chi connectivity index (χ0) is 11.3. The van der Waals surface area contributed by atoms with Gasteiger partial charge in [0.1, 0.15) is 5.75 Å². The summed E-state index contributed by atoms with van der Waals surface area (Å²) in [5.41, 5.74) is -1.18. The molecule has 0 bridgehead atoms. The third-order valence-electron chi connectivity index (χ3n) is 1.87. The van der Waals surface area contributed by atoms with Crippen LogP contribution in [0.3, 0.4) is 0 Å². The summed E-state index contributed by atoms with van der Waals surface area (Å²) in [5, 5.41) is 0. The van der Waals surface area contributed by atoms with Crippen LogP contribution in [0.15, 0.2) is 30.3 Å². The molecule has 0 saturated carbocycles. The maximum absolute atomic E-state index is 11.0. The zero-order valence-corrected chi connectivity index (χ0v) is 9.28. The molecule has 0 aromatic heterocycles. The van der Waals surface area contributed by atoms with Crippen LogP contribution in [0.4, 0.5) is 0 Å². The van der Waals surface area contributed by atoms with Crippen molar-refractivity contribution in [3.63, 3.8) is 0 Å². The van der Waals surface area contributed by atoms with Crippen molar-refractivity contribution in [1.82, 2.24) is 0 Å². The Labute approximate surface area is 118 Å². The molecule has 0 radical (unpaired) electrons. The second-order valence-electron chi connectivity index (χ2n) is 3.16. The molecule has 0 aliphatic heterocycles. The van der Waals surface area contributed by atoms with Gasteiger partial charge in [0.2, 0.25) is 5.44 Å². The van der Waals surface area contributed by atoms with E-state index in [2.05, 4.69) is 0 Å². The quantitative estimate of drug-likeness (QED) is 0.637. The summed E-state index contributed by atoms with van der Waals surface area (Å²) in [5.74, 6) is 0.438. The van der Waals surface area contributed by atoms with E-state index in [-0.39, 0.29) is 36.0 Å². The van der Waals surface area contributed by atoms with Crippen LogP contribution < -0.4 is 4.74 Å². The summed E-state index contributed by atoms with van der Waals surface area (Å²) in [6.45, 7) is 1.83. The SMILES string of the molecule is CCCC(Oc1ccccc1)S(=O)(=O)O.[NaH]. The van der Waals surface area contributed by atoms with Gasteiger partial charge in [0.15, 0.2) is 0 Å². The minimum atomic E-state index is -4.15. The molecular weight excluding hydrogens is 239 g/mol. The Bertz CT molecular complexity index is 391. The van der Waals surface area contributed by atoms with Gasteiger partial charge < -0.3 is 4.74 Å². The average molecular weight is 254 g/mol. The molecule has 1 aromatic carbocycles. The summed E-state index contributed by atoms with van der Waals surface area (Å²) >= 11 is 0. The molecule has 0 amide bonds. The topological polar surface area (TPSA) is 63.6 Å². The summed E-state index contributed by atoms with van der Waals surface area (Å²) in [4.78, 5) is 0. The molecule has 6 heteroatoms. The van der Waals surface area contributed by atoms with Gasteiger partial charge in [0.05, 0.1) is 0 Å². The minimum absolute atomic E-state index is 0. The number of hydrogen-bond donors (Lipinski definition) is 1. The molecule has 86 valence electrons. The van der Waals surface area contributed by atoms with Crippen LogP contribution >= 0.6 is 0 Å². The number of para-hydroxylation sites is 1. The van der Waals surface area contributed by atoms with Gasteiger partial charge in [-0.3, -0.25) is 4.55 Å². The first-order chi connectivity index (χ1) is 7.04. The monoisotopic (exact) mass is 254 g/mol. The van der Waals surface area contributed by atoms with E-state index in [4.69, 9.17) is 9.29 Å². The van der Waals surface area contributed by atoms with E-state index in [1.165, 1.54) is 0 Å². The van der Waals surface area contributed by atoms with Crippen LogP contribution in [0.25, 0.3) is 0 Å². The van der Waals surface area contributed by atoms with Crippen molar-refractivity contribution in [2.24, 2.45) is 0 Å². The third kappa shape index (κ3) is 5.32. The van der Waals surface area contributed by atoms with Crippen molar-refractivity contribution < 1.29 is 17.7 Å². The number of rotatable bonds is 5. The molecule has 1 N–H and O–H groups in total. The van der Waals surface area contributed by atoms with Crippen LogP contribution in [0.2, 0.25) is 0 Å². The van der Waals surface area contributed by atoms with Crippen molar-refractivity contribution in [3.05, 3.63) is 30.3 Å². The molecule has 0 aliphatic rings. The van der Waals surface area contributed by atoms with Crippen molar-refractivity contribution in [1.29, 1.82) is 0 Å². The molecule has 16 heavy (non-hydrogen) atoms. The number of benzene rings is 1. The van der Waals surface area contributed by atoms with Crippen LogP contribution in [0, 0.1) is 0 Å². The van der Waals surface area contributed by atoms with Crippen molar-refractivity contribution in [3.8, 4) is 5.75 Å². The van der Waals surface area contributed by atoms with E-state index in [1.54, 1.807) is 30.3 Å². The third-order valence-corrected chi connectivity index (χ3v) is 2.86. The van der Waals surface area contributed by atoms with Gasteiger partial charge in [0.25, 0.3) is 0 Å². The van der Waals surface area contributed by atoms with Gasteiger partial charge >= 0.3 is 39.7 Å². The fourth-order valence-corrected chi connectivity index (χ4v) is 1.92. The van der Waals surface area contributed by atoms with E-state index in [0.717, 1.165) is 0 Å². The Hall–Kier alpha value is -0.0700. The van der Waals surface area contributed by atoms with Crippen LogP contribution in [0.1, 0.15) is 19.8 Å². The molecule has 1 unspecified atom stereocenters. The van der Waals surface area contributed by atoms with Gasteiger partial charge in [-0.15, -0.1) is 0 Å². The first kappa shape index (κ1) is 15.9. The summed E-state index contributed by atoms with van der Waals surface area (Å²) in [7, 11) is -4.15. The summed E-state index contributed by atoms with van der Waals surface area (Å²) < 4.78 is 36.0. The first-order valence-corrected chi connectivity index (χ1v) is 6.22. The van der Waals surface area contributed by atoms with Crippen LogP contribution in [0.5, 0.6) is 5.75 Å². The Kier molecular flexibility index (Phi) is 7.26. The van der Waals surface area contributed by atoms with Crippen molar-refractivity contribution >= 4 is 39.7 Å². The normalized spacial score (nSPS) is 12.6. The predicted octanol–water partition coefficient (Wildman–Crippen LogP) is 1.43. The molecule has 0 fully saturated rings. The fourth-order valence-electron chi connectivity index (χ4n) is 1.16. The molecule has 1 atom stereocenters. The Morgan fingerprint density at radius 3 is 2.31 bits per heavy atom. The van der Waals surface area contributed by atoms with Crippen molar-refractivity contribution in [2.45, 2.75) is 25.2 Å².